The van der Waals surface area contributed by atoms with Gasteiger partial charge in [0.05, 0.1) is 23.3 Å². The van der Waals surface area contributed by atoms with Gasteiger partial charge in [0.15, 0.2) is 11.5 Å². The second kappa shape index (κ2) is 16.2. The Morgan fingerprint density at radius 3 is 2.35 bits per heavy atom. The molecular formula is C48H52N8O6. The van der Waals surface area contributed by atoms with Gasteiger partial charge in [0.25, 0.3) is 11.8 Å². The molecule has 14 nitrogen and oxygen atoms in total. The van der Waals surface area contributed by atoms with Gasteiger partial charge in [-0.1, -0.05) is 32.9 Å². The molecule has 4 aromatic rings. The minimum absolute atomic E-state index is 0.0421. The summed E-state index contributed by atoms with van der Waals surface area (Å²) in [5.41, 5.74) is 7.93. The Morgan fingerprint density at radius 1 is 0.871 bits per heavy atom. The van der Waals surface area contributed by atoms with Crippen LogP contribution in [0, 0.1) is 6.57 Å². The molecule has 1 atom stereocenters. The molecule has 0 saturated carbocycles. The van der Waals surface area contributed by atoms with E-state index in [9.17, 15) is 28.8 Å². The molecule has 14 heteroatoms. The van der Waals surface area contributed by atoms with Gasteiger partial charge in [-0.05, 0) is 86.1 Å². The van der Waals surface area contributed by atoms with Crippen LogP contribution in [0.1, 0.15) is 119 Å². The lowest BCUT2D eigenvalue weighted by Crippen LogP contribution is -2.54. The van der Waals surface area contributed by atoms with Crippen molar-refractivity contribution in [3.63, 3.8) is 0 Å². The van der Waals surface area contributed by atoms with Crippen molar-refractivity contribution in [2.24, 2.45) is 0 Å². The number of hydrogen-bond donors (Lipinski definition) is 3. The van der Waals surface area contributed by atoms with E-state index in [-0.39, 0.29) is 35.7 Å². The Labute approximate surface area is 360 Å². The average Bonchev–Trinajstić information content (AvgIpc) is 3.79. The summed E-state index contributed by atoms with van der Waals surface area (Å²) in [7, 11) is 0. The van der Waals surface area contributed by atoms with Crippen molar-refractivity contribution in [1.82, 2.24) is 25.0 Å². The molecule has 9 rings (SSSR count). The molecule has 0 bridgehead atoms. The number of piperazine rings is 1. The van der Waals surface area contributed by atoms with Gasteiger partial charge in [0.2, 0.25) is 17.7 Å². The van der Waals surface area contributed by atoms with Crippen molar-refractivity contribution in [3.8, 4) is 0 Å². The third kappa shape index (κ3) is 7.11. The maximum atomic E-state index is 14.1. The highest BCUT2D eigenvalue weighted by Gasteiger charge is 2.45. The molecule has 3 N–H and O–H groups in total. The van der Waals surface area contributed by atoms with E-state index < -0.39 is 35.1 Å². The molecule has 5 heterocycles. The number of aromatic nitrogens is 1. The molecule has 0 radical (unpaired) electrons. The van der Waals surface area contributed by atoms with Crippen LogP contribution in [0.5, 0.6) is 0 Å². The Morgan fingerprint density at radius 2 is 1.63 bits per heavy atom. The second-order valence-corrected chi connectivity index (χ2v) is 17.8. The molecule has 3 aromatic carbocycles. The van der Waals surface area contributed by atoms with Crippen LogP contribution >= 0.6 is 0 Å². The SMILES string of the molecule is [C-]#[N+]c1ccc2c3c([nH]c2c1)C(C)(C)c1cc(N2CCC(N4CCN(C(=O)CCCCNc5ccc6c(c5)C(=O)N(C5CCC(=O)NC5=O)C6=O)CC4)CC2)c(CC)cc1C3=O. The van der Waals surface area contributed by atoms with E-state index in [1.54, 1.807) is 24.3 Å². The fraction of sp³-hybridized carbons (Fsp3) is 0.438. The number of unbranched alkanes of at least 4 members (excludes halogenated alkanes) is 1. The normalized spacial score (nSPS) is 20.3. The van der Waals surface area contributed by atoms with Gasteiger partial charge in [-0.3, -0.25) is 43.9 Å². The first kappa shape index (κ1) is 41.0. The van der Waals surface area contributed by atoms with Gasteiger partial charge >= 0.3 is 0 Å². The van der Waals surface area contributed by atoms with Gasteiger partial charge < -0.3 is 20.1 Å². The average molecular weight is 837 g/mol. The van der Waals surface area contributed by atoms with Crippen LogP contribution in [-0.4, -0.2) is 113 Å². The van der Waals surface area contributed by atoms with Crippen LogP contribution in [0.2, 0.25) is 0 Å². The summed E-state index contributed by atoms with van der Waals surface area (Å²) in [6.45, 7) is 19.6. The number of amides is 5. The summed E-state index contributed by atoms with van der Waals surface area (Å²) in [5, 5.41) is 6.39. The first-order chi connectivity index (χ1) is 29.9. The summed E-state index contributed by atoms with van der Waals surface area (Å²) in [5.74, 6) is -1.90. The van der Waals surface area contributed by atoms with Crippen LogP contribution in [0.15, 0.2) is 48.5 Å². The number of benzene rings is 3. The molecule has 1 aliphatic carbocycles. The lowest BCUT2D eigenvalue weighted by Gasteiger charge is -2.44. The van der Waals surface area contributed by atoms with Gasteiger partial charge in [-0.25, -0.2) is 4.85 Å². The van der Waals surface area contributed by atoms with Crippen molar-refractivity contribution in [2.45, 2.75) is 89.6 Å². The standard InChI is InChI=1S/C48H52N8O6/c1-5-28-24-35-36(48(2,3)44-42(43(35)59)33-12-9-29(49-4)26-37(33)51-44)27-39(28)54-18-15-31(16-19-54)53-20-22-55(23-21-53)41(58)8-6-7-17-50-30-10-11-32-34(25-30)47(62)56(46(32)61)38-13-14-40(57)52-45(38)60/h9-12,24-27,31,38,50-51H,5-8,13-23H2,1-3H3,(H,52,57,60). The lowest BCUT2D eigenvalue weighted by molar-refractivity contribution is -0.136. The number of carbonyl (C=O) groups is 6. The Kier molecular flexibility index (Phi) is 10.7. The van der Waals surface area contributed by atoms with E-state index >= 15 is 0 Å². The first-order valence-electron chi connectivity index (χ1n) is 22.0. The summed E-state index contributed by atoms with van der Waals surface area (Å²) in [4.78, 5) is 92.6. The van der Waals surface area contributed by atoms with Crippen molar-refractivity contribution < 1.29 is 28.8 Å². The van der Waals surface area contributed by atoms with E-state index in [2.05, 4.69) is 63.2 Å². The molecule has 5 aliphatic rings. The van der Waals surface area contributed by atoms with Crippen molar-refractivity contribution in [3.05, 3.63) is 99.0 Å². The van der Waals surface area contributed by atoms with Crippen LogP contribution in [0.4, 0.5) is 17.1 Å². The summed E-state index contributed by atoms with van der Waals surface area (Å²) < 4.78 is 0. The minimum Gasteiger partial charge on any atom is -0.385 e. The molecule has 3 saturated heterocycles. The Bertz CT molecular complexity index is 2590. The fourth-order valence-electron chi connectivity index (χ4n) is 10.3. The van der Waals surface area contributed by atoms with Crippen molar-refractivity contribution >= 4 is 63.3 Å². The van der Waals surface area contributed by atoms with E-state index in [0.29, 0.717) is 30.4 Å². The number of ketones is 1. The number of aryl methyl sites for hydroxylation is 1. The Hall–Kier alpha value is -6.33. The predicted molar refractivity (Wildman–Crippen MR) is 235 cm³/mol. The smallest absolute Gasteiger partial charge is 0.262 e. The molecule has 320 valence electrons. The zero-order valence-corrected chi connectivity index (χ0v) is 35.6. The zero-order valence-electron chi connectivity index (χ0n) is 35.6. The van der Waals surface area contributed by atoms with Gasteiger partial charge in [0.1, 0.15) is 6.04 Å². The van der Waals surface area contributed by atoms with E-state index in [0.717, 1.165) is 110 Å². The summed E-state index contributed by atoms with van der Waals surface area (Å²) in [6, 6.07) is 14.3. The number of piperidine rings is 2. The number of anilines is 2. The van der Waals surface area contributed by atoms with Gasteiger partial charge in [0, 0.05) is 104 Å². The number of nitrogens with zero attached hydrogens (tertiary/aromatic N) is 5. The number of nitrogens with one attached hydrogen (secondary N) is 3. The summed E-state index contributed by atoms with van der Waals surface area (Å²) in [6.07, 6.45) is 5.01. The number of hydrogen-bond acceptors (Lipinski definition) is 9. The third-order valence-corrected chi connectivity index (χ3v) is 13.9. The van der Waals surface area contributed by atoms with Gasteiger partial charge in [-0.15, -0.1) is 0 Å². The maximum Gasteiger partial charge on any atom is 0.262 e. The van der Waals surface area contributed by atoms with E-state index in [4.69, 9.17) is 6.57 Å². The van der Waals surface area contributed by atoms with Crippen molar-refractivity contribution in [1.29, 1.82) is 0 Å². The number of imide groups is 2. The van der Waals surface area contributed by atoms with Crippen LogP contribution in [-0.2, 0) is 26.2 Å². The maximum absolute atomic E-state index is 14.1. The highest BCUT2D eigenvalue weighted by molar-refractivity contribution is 6.24. The van der Waals surface area contributed by atoms with Crippen LogP contribution in [0.25, 0.3) is 15.7 Å². The number of rotatable bonds is 10. The number of carbonyl (C=O) groups excluding carboxylic acids is 6. The number of aromatic amines is 1. The number of H-pyrrole nitrogens is 1. The molecule has 62 heavy (non-hydrogen) atoms. The van der Waals surface area contributed by atoms with Crippen LogP contribution < -0.4 is 15.5 Å². The number of fused-ring (bicyclic) bond motifs is 5. The van der Waals surface area contributed by atoms with E-state index in [1.807, 2.05) is 17.0 Å². The monoisotopic (exact) mass is 836 g/mol. The van der Waals surface area contributed by atoms with Crippen LogP contribution in [0.3, 0.4) is 0 Å². The topological polar surface area (TPSA) is 160 Å². The highest BCUT2D eigenvalue weighted by atomic mass is 16.2. The van der Waals surface area contributed by atoms with Crippen molar-refractivity contribution in [2.75, 3.05) is 56.0 Å². The first-order valence-corrected chi connectivity index (χ1v) is 22.0. The fourth-order valence-corrected chi connectivity index (χ4v) is 10.3. The third-order valence-electron chi connectivity index (χ3n) is 13.9. The molecule has 0 spiro atoms. The second-order valence-electron chi connectivity index (χ2n) is 17.8. The molecule has 5 amide bonds. The van der Waals surface area contributed by atoms with E-state index in [1.165, 1.54) is 11.3 Å². The zero-order chi connectivity index (χ0) is 43.4. The molecule has 1 unspecified atom stereocenters. The quantitative estimate of drug-likeness (QED) is 0.0998. The molecule has 3 fully saturated rings. The Balaban J connectivity index is 0.739. The lowest BCUT2D eigenvalue weighted by atomic mass is 9.70. The highest BCUT2D eigenvalue weighted by Crippen LogP contribution is 2.46. The molecule has 4 aliphatic heterocycles. The summed E-state index contributed by atoms with van der Waals surface area (Å²) >= 11 is 0. The minimum atomic E-state index is -0.999. The van der Waals surface area contributed by atoms with Gasteiger partial charge in [-0.2, -0.15) is 0 Å². The molecular weight excluding hydrogens is 785 g/mol. The largest absolute Gasteiger partial charge is 0.385 e. The predicted octanol–water partition coefficient (Wildman–Crippen LogP) is 5.95. The molecule has 1 aromatic heterocycles.